The minimum atomic E-state index is -0.121. The van der Waals surface area contributed by atoms with E-state index in [1.54, 1.807) is 0 Å². The number of aromatic nitrogens is 2. The molecule has 0 aliphatic heterocycles. The van der Waals surface area contributed by atoms with Gasteiger partial charge in [-0.1, -0.05) is 6.58 Å². The SMILES string of the molecule is C=C(C)NCNC(C)(C)c1cnc(C)[nH]1. The van der Waals surface area contributed by atoms with Crippen LogP contribution < -0.4 is 10.6 Å². The molecule has 0 atom stereocenters. The van der Waals surface area contributed by atoms with Gasteiger partial charge in [0.15, 0.2) is 0 Å². The van der Waals surface area contributed by atoms with Gasteiger partial charge in [-0.25, -0.2) is 4.98 Å². The Morgan fingerprint density at radius 3 is 2.73 bits per heavy atom. The monoisotopic (exact) mass is 208 g/mol. The Morgan fingerprint density at radius 1 is 1.60 bits per heavy atom. The van der Waals surface area contributed by atoms with E-state index in [9.17, 15) is 0 Å². The van der Waals surface area contributed by atoms with E-state index in [-0.39, 0.29) is 5.54 Å². The lowest BCUT2D eigenvalue weighted by Crippen LogP contribution is -2.42. The van der Waals surface area contributed by atoms with Crippen LogP contribution in [0.5, 0.6) is 0 Å². The molecule has 15 heavy (non-hydrogen) atoms. The smallest absolute Gasteiger partial charge is 0.103 e. The summed E-state index contributed by atoms with van der Waals surface area (Å²) in [6, 6.07) is 0. The lowest BCUT2D eigenvalue weighted by molar-refractivity contribution is 0.384. The molecule has 84 valence electrons. The van der Waals surface area contributed by atoms with E-state index >= 15 is 0 Å². The van der Waals surface area contributed by atoms with Gasteiger partial charge in [-0.15, -0.1) is 0 Å². The first kappa shape index (κ1) is 11.8. The molecule has 3 N–H and O–H groups in total. The topological polar surface area (TPSA) is 52.7 Å². The Hall–Kier alpha value is -1.29. The summed E-state index contributed by atoms with van der Waals surface area (Å²) in [6.07, 6.45) is 1.86. The van der Waals surface area contributed by atoms with E-state index < -0.39 is 0 Å². The zero-order valence-corrected chi connectivity index (χ0v) is 9.94. The van der Waals surface area contributed by atoms with Crippen LogP contribution in [0.4, 0.5) is 0 Å². The van der Waals surface area contributed by atoms with E-state index in [4.69, 9.17) is 0 Å². The zero-order valence-electron chi connectivity index (χ0n) is 9.94. The molecule has 0 saturated carbocycles. The van der Waals surface area contributed by atoms with Crippen LogP contribution in [0.25, 0.3) is 0 Å². The number of hydrogen-bond acceptors (Lipinski definition) is 3. The summed E-state index contributed by atoms with van der Waals surface area (Å²) in [6.45, 7) is 12.6. The maximum absolute atomic E-state index is 4.19. The molecule has 1 aromatic heterocycles. The Bertz CT molecular complexity index is 338. The van der Waals surface area contributed by atoms with Gasteiger partial charge in [0.05, 0.1) is 24.1 Å². The van der Waals surface area contributed by atoms with Crippen molar-refractivity contribution in [1.82, 2.24) is 20.6 Å². The van der Waals surface area contributed by atoms with Crippen molar-refractivity contribution in [2.24, 2.45) is 0 Å². The standard InChI is InChI=1S/C11H20N4/c1-8(2)13-7-14-11(4,5)10-6-12-9(3)15-10/h6,13-14H,1,7H2,2-5H3,(H,12,15). The van der Waals surface area contributed by atoms with Crippen molar-refractivity contribution in [1.29, 1.82) is 0 Å². The number of H-pyrrole nitrogens is 1. The first-order valence-corrected chi connectivity index (χ1v) is 5.08. The van der Waals surface area contributed by atoms with Crippen LogP contribution in [-0.2, 0) is 5.54 Å². The van der Waals surface area contributed by atoms with Crippen LogP contribution in [0.3, 0.4) is 0 Å². The fourth-order valence-electron chi connectivity index (χ4n) is 1.25. The second-order valence-corrected chi connectivity index (χ2v) is 4.32. The summed E-state index contributed by atoms with van der Waals surface area (Å²) in [4.78, 5) is 7.42. The van der Waals surface area contributed by atoms with Gasteiger partial charge < -0.3 is 10.3 Å². The first-order valence-electron chi connectivity index (χ1n) is 5.08. The number of imidazole rings is 1. The molecule has 0 saturated heterocycles. The molecule has 0 aliphatic carbocycles. The van der Waals surface area contributed by atoms with Crippen LogP contribution in [0, 0.1) is 6.92 Å². The van der Waals surface area contributed by atoms with Gasteiger partial charge in [0.25, 0.3) is 0 Å². The first-order chi connectivity index (χ1) is 6.92. The number of aromatic amines is 1. The molecule has 0 unspecified atom stereocenters. The second kappa shape index (κ2) is 4.49. The molecule has 0 aliphatic rings. The molecule has 0 amide bonds. The van der Waals surface area contributed by atoms with Gasteiger partial charge in [0.1, 0.15) is 5.82 Å². The van der Waals surface area contributed by atoms with Gasteiger partial charge in [0.2, 0.25) is 0 Å². The van der Waals surface area contributed by atoms with Gasteiger partial charge >= 0.3 is 0 Å². The Labute approximate surface area is 91.2 Å². The Balaban J connectivity index is 2.55. The number of hydrogen-bond donors (Lipinski definition) is 3. The van der Waals surface area contributed by atoms with Gasteiger partial charge in [-0.05, 0) is 27.7 Å². The normalized spacial score (nSPS) is 11.5. The highest BCUT2D eigenvalue weighted by Crippen LogP contribution is 2.16. The van der Waals surface area contributed by atoms with Crippen molar-refractivity contribution in [3.8, 4) is 0 Å². The number of nitrogens with one attached hydrogen (secondary N) is 3. The molecule has 0 radical (unpaired) electrons. The fraction of sp³-hybridized carbons (Fsp3) is 0.545. The molecule has 4 heteroatoms. The third-order valence-electron chi connectivity index (χ3n) is 2.30. The molecule has 0 fully saturated rings. The van der Waals surface area contributed by atoms with Crippen LogP contribution >= 0.6 is 0 Å². The molecule has 1 heterocycles. The minimum Gasteiger partial charge on any atom is -0.376 e. The lowest BCUT2D eigenvalue weighted by Gasteiger charge is -2.25. The molecule has 1 aromatic rings. The minimum absolute atomic E-state index is 0.121. The molecular formula is C11H20N4. The fourth-order valence-corrected chi connectivity index (χ4v) is 1.25. The third-order valence-corrected chi connectivity index (χ3v) is 2.30. The predicted molar refractivity (Wildman–Crippen MR) is 62.3 cm³/mol. The summed E-state index contributed by atoms with van der Waals surface area (Å²) in [5, 5.41) is 6.52. The van der Waals surface area contributed by atoms with Crippen LogP contribution in [0.1, 0.15) is 32.3 Å². The zero-order chi connectivity index (χ0) is 11.5. The molecule has 4 nitrogen and oxygen atoms in total. The molecular weight excluding hydrogens is 188 g/mol. The largest absolute Gasteiger partial charge is 0.376 e. The highest BCUT2D eigenvalue weighted by atomic mass is 15.1. The summed E-state index contributed by atoms with van der Waals surface area (Å²) >= 11 is 0. The van der Waals surface area contributed by atoms with Crippen molar-refractivity contribution in [2.75, 3.05) is 6.67 Å². The van der Waals surface area contributed by atoms with Crippen LogP contribution in [0.2, 0.25) is 0 Å². The predicted octanol–water partition coefficient (Wildman–Crippen LogP) is 1.62. The van der Waals surface area contributed by atoms with Crippen LogP contribution in [-0.4, -0.2) is 16.6 Å². The van der Waals surface area contributed by atoms with E-state index in [0.717, 1.165) is 17.2 Å². The highest BCUT2D eigenvalue weighted by Gasteiger charge is 2.21. The van der Waals surface area contributed by atoms with E-state index in [2.05, 4.69) is 41.0 Å². The lowest BCUT2D eigenvalue weighted by atomic mass is 10.0. The van der Waals surface area contributed by atoms with E-state index in [1.165, 1.54) is 0 Å². The molecule has 1 rings (SSSR count). The highest BCUT2D eigenvalue weighted by molar-refractivity contribution is 5.11. The van der Waals surface area contributed by atoms with Crippen molar-refractivity contribution < 1.29 is 0 Å². The average molecular weight is 208 g/mol. The van der Waals surface area contributed by atoms with Gasteiger partial charge in [-0.2, -0.15) is 0 Å². The average Bonchev–Trinajstić information content (AvgIpc) is 2.51. The quantitative estimate of drug-likeness (QED) is 0.645. The van der Waals surface area contributed by atoms with E-state index in [0.29, 0.717) is 6.67 Å². The maximum Gasteiger partial charge on any atom is 0.103 e. The number of aryl methyl sites for hydroxylation is 1. The Morgan fingerprint density at radius 2 is 2.27 bits per heavy atom. The van der Waals surface area contributed by atoms with Gasteiger partial charge in [0, 0.05) is 5.70 Å². The van der Waals surface area contributed by atoms with Crippen LogP contribution in [0.15, 0.2) is 18.5 Å². The Kier molecular flexibility index (Phi) is 3.52. The van der Waals surface area contributed by atoms with Crippen molar-refractivity contribution in [3.05, 3.63) is 30.0 Å². The maximum atomic E-state index is 4.19. The van der Waals surface area contributed by atoms with Gasteiger partial charge in [-0.3, -0.25) is 5.32 Å². The summed E-state index contributed by atoms with van der Waals surface area (Å²) in [5.74, 6) is 0.938. The summed E-state index contributed by atoms with van der Waals surface area (Å²) < 4.78 is 0. The number of nitrogens with zero attached hydrogens (tertiary/aromatic N) is 1. The number of allylic oxidation sites excluding steroid dienone is 1. The molecule has 0 bridgehead atoms. The number of rotatable bonds is 5. The summed E-state index contributed by atoms with van der Waals surface area (Å²) in [5.41, 5.74) is 1.92. The third kappa shape index (κ3) is 3.40. The van der Waals surface area contributed by atoms with Crippen molar-refractivity contribution >= 4 is 0 Å². The van der Waals surface area contributed by atoms with Crippen molar-refractivity contribution in [2.45, 2.75) is 33.2 Å². The second-order valence-electron chi connectivity index (χ2n) is 4.32. The molecule has 0 spiro atoms. The molecule has 0 aromatic carbocycles. The summed E-state index contributed by atoms with van der Waals surface area (Å²) in [7, 11) is 0. The van der Waals surface area contributed by atoms with Crippen molar-refractivity contribution in [3.63, 3.8) is 0 Å². The van der Waals surface area contributed by atoms with E-state index in [1.807, 2.05) is 20.0 Å².